The van der Waals surface area contributed by atoms with Crippen LogP contribution in [0.2, 0.25) is 0 Å². The van der Waals surface area contributed by atoms with Gasteiger partial charge in [0.2, 0.25) is 5.75 Å². The number of carbonyl (C=O) groups is 1. The van der Waals surface area contributed by atoms with Gasteiger partial charge in [0.1, 0.15) is 12.0 Å². The van der Waals surface area contributed by atoms with Gasteiger partial charge < -0.3 is 25.3 Å². The summed E-state index contributed by atoms with van der Waals surface area (Å²) in [6.07, 6.45) is 1.22. The molecular weight excluding hydrogens is 448 g/mol. The number of nitrogens with two attached hydrogens (primary N) is 1. The fourth-order valence-corrected chi connectivity index (χ4v) is 3.15. The predicted octanol–water partition coefficient (Wildman–Crippen LogP) is 0.529. The van der Waals surface area contributed by atoms with E-state index in [0.717, 1.165) is 15.0 Å². The van der Waals surface area contributed by atoms with Crippen LogP contribution in [-0.4, -0.2) is 52.2 Å². The molecule has 3 aromatic rings. The number of methoxy groups -OCH3 is 1. The van der Waals surface area contributed by atoms with Crippen molar-refractivity contribution in [2.24, 2.45) is 0 Å². The van der Waals surface area contributed by atoms with Gasteiger partial charge in [0.05, 0.1) is 13.2 Å². The number of hydrogen-bond acceptors (Lipinski definition) is 9. The van der Waals surface area contributed by atoms with Crippen molar-refractivity contribution in [2.75, 3.05) is 37.5 Å². The molecule has 1 amide bonds. The van der Waals surface area contributed by atoms with Crippen molar-refractivity contribution in [3.8, 4) is 5.75 Å². The van der Waals surface area contributed by atoms with E-state index in [1.165, 1.54) is 25.4 Å². The lowest BCUT2D eigenvalue weighted by Crippen LogP contribution is -2.44. The van der Waals surface area contributed by atoms with Gasteiger partial charge in [0.25, 0.3) is 11.5 Å². The highest BCUT2D eigenvalue weighted by Gasteiger charge is 2.26. The standard InChI is InChI=1S/C21H22N6O7/c1-33-11-10-25(16(28)13-34-15-8-5-9-23-19(15)27(31)32)17-18(22)26(21(30)24-20(17)29)12-14-6-3-2-4-7-14/h2-9H,10-13,22H2,1H3,(H,24,29,30). The normalized spacial score (nSPS) is 10.6. The van der Waals surface area contributed by atoms with Crippen molar-refractivity contribution in [1.29, 1.82) is 0 Å². The molecule has 0 unspecified atom stereocenters. The summed E-state index contributed by atoms with van der Waals surface area (Å²) in [5.41, 5.74) is 5.06. The Labute approximate surface area is 192 Å². The van der Waals surface area contributed by atoms with Crippen molar-refractivity contribution in [2.45, 2.75) is 6.54 Å². The van der Waals surface area contributed by atoms with Crippen molar-refractivity contribution >= 4 is 23.2 Å². The van der Waals surface area contributed by atoms with E-state index in [0.29, 0.717) is 0 Å². The first-order chi connectivity index (χ1) is 16.3. The van der Waals surface area contributed by atoms with E-state index in [1.807, 2.05) is 6.07 Å². The van der Waals surface area contributed by atoms with Gasteiger partial charge in [-0.2, -0.15) is 0 Å². The predicted molar refractivity (Wildman–Crippen MR) is 122 cm³/mol. The van der Waals surface area contributed by atoms with E-state index in [4.69, 9.17) is 15.2 Å². The van der Waals surface area contributed by atoms with Crippen LogP contribution in [0.3, 0.4) is 0 Å². The Morgan fingerprint density at radius 2 is 1.97 bits per heavy atom. The third kappa shape index (κ3) is 5.45. The molecule has 2 aromatic heterocycles. The Balaban J connectivity index is 1.95. The summed E-state index contributed by atoms with van der Waals surface area (Å²) in [7, 11) is 1.40. The molecular formula is C21H22N6O7. The first kappa shape index (κ1) is 24.1. The van der Waals surface area contributed by atoms with Crippen LogP contribution in [0.25, 0.3) is 0 Å². The Kier molecular flexibility index (Phi) is 7.71. The number of pyridine rings is 1. The van der Waals surface area contributed by atoms with Gasteiger partial charge in [-0.05, 0) is 27.6 Å². The van der Waals surface area contributed by atoms with E-state index in [-0.39, 0.29) is 37.0 Å². The Hall–Kier alpha value is -4.52. The van der Waals surface area contributed by atoms with Gasteiger partial charge >= 0.3 is 11.5 Å². The molecule has 0 atom stereocenters. The highest BCUT2D eigenvalue weighted by atomic mass is 16.6. The summed E-state index contributed by atoms with van der Waals surface area (Å²) in [5, 5.41) is 11.1. The highest BCUT2D eigenvalue weighted by molar-refractivity contribution is 5.96. The first-order valence-corrected chi connectivity index (χ1v) is 10.0. The second-order valence-corrected chi connectivity index (χ2v) is 6.97. The van der Waals surface area contributed by atoms with E-state index in [2.05, 4.69) is 9.97 Å². The molecule has 13 nitrogen and oxygen atoms in total. The maximum Gasteiger partial charge on any atom is 0.406 e. The number of rotatable bonds is 10. The average Bonchev–Trinajstić information content (AvgIpc) is 2.83. The molecule has 0 bridgehead atoms. The smallest absolute Gasteiger partial charge is 0.406 e. The number of nitrogens with zero attached hydrogens (tertiary/aromatic N) is 4. The molecule has 3 N–H and O–H groups in total. The lowest BCUT2D eigenvalue weighted by molar-refractivity contribution is -0.390. The van der Waals surface area contributed by atoms with E-state index in [1.54, 1.807) is 24.3 Å². The third-order valence-corrected chi connectivity index (χ3v) is 4.76. The van der Waals surface area contributed by atoms with Crippen LogP contribution >= 0.6 is 0 Å². The Bertz CT molecular complexity index is 1290. The number of carbonyl (C=O) groups excluding carboxylic acids is 1. The number of aromatic nitrogens is 3. The first-order valence-electron chi connectivity index (χ1n) is 10.0. The molecule has 2 heterocycles. The molecule has 0 aliphatic carbocycles. The summed E-state index contributed by atoms with van der Waals surface area (Å²) in [4.78, 5) is 55.3. The summed E-state index contributed by atoms with van der Waals surface area (Å²) in [6, 6.07) is 11.6. The van der Waals surface area contributed by atoms with Gasteiger partial charge in [0, 0.05) is 13.7 Å². The Morgan fingerprint density at radius 1 is 1.24 bits per heavy atom. The minimum Gasteiger partial charge on any atom is -0.476 e. The summed E-state index contributed by atoms with van der Waals surface area (Å²) in [5.74, 6) is -1.75. The van der Waals surface area contributed by atoms with Crippen molar-refractivity contribution in [3.63, 3.8) is 0 Å². The van der Waals surface area contributed by atoms with E-state index >= 15 is 0 Å². The minimum absolute atomic E-state index is 0.0372. The molecule has 0 saturated heterocycles. The number of benzene rings is 1. The van der Waals surface area contributed by atoms with Crippen LogP contribution in [0.15, 0.2) is 58.3 Å². The maximum absolute atomic E-state index is 13.0. The van der Waals surface area contributed by atoms with Gasteiger partial charge in [-0.15, -0.1) is 0 Å². The number of amides is 1. The number of ether oxygens (including phenoxy) is 2. The molecule has 0 aliphatic heterocycles. The largest absolute Gasteiger partial charge is 0.476 e. The molecule has 3 rings (SSSR count). The van der Waals surface area contributed by atoms with E-state index in [9.17, 15) is 24.5 Å². The molecule has 13 heteroatoms. The fourth-order valence-electron chi connectivity index (χ4n) is 3.15. The van der Waals surface area contributed by atoms with Crippen LogP contribution < -0.4 is 26.6 Å². The molecule has 34 heavy (non-hydrogen) atoms. The van der Waals surface area contributed by atoms with Crippen molar-refractivity contribution < 1.29 is 19.2 Å². The number of nitro groups is 1. The molecule has 0 radical (unpaired) electrons. The van der Waals surface area contributed by atoms with Crippen LogP contribution in [-0.2, 0) is 16.1 Å². The Morgan fingerprint density at radius 3 is 2.65 bits per heavy atom. The van der Waals surface area contributed by atoms with Gasteiger partial charge in [-0.25, -0.2) is 4.79 Å². The summed E-state index contributed by atoms with van der Waals surface area (Å²) in [6.45, 7) is -0.660. The number of hydrogen-bond donors (Lipinski definition) is 2. The minimum atomic E-state index is -0.872. The number of nitrogens with one attached hydrogen (secondary N) is 1. The van der Waals surface area contributed by atoms with Crippen LogP contribution in [0.4, 0.5) is 17.3 Å². The second-order valence-electron chi connectivity index (χ2n) is 6.97. The lowest BCUT2D eigenvalue weighted by Gasteiger charge is -2.24. The molecule has 0 fully saturated rings. The second kappa shape index (κ2) is 10.9. The zero-order valence-corrected chi connectivity index (χ0v) is 18.2. The van der Waals surface area contributed by atoms with Gasteiger partial charge in [-0.3, -0.25) is 24.0 Å². The van der Waals surface area contributed by atoms with Crippen LogP contribution in [0.1, 0.15) is 5.56 Å². The van der Waals surface area contributed by atoms with Gasteiger partial charge in [0.15, 0.2) is 12.3 Å². The zero-order chi connectivity index (χ0) is 24.7. The number of aromatic amines is 1. The quantitative estimate of drug-likeness (QED) is 0.316. The molecule has 1 aromatic carbocycles. The number of anilines is 2. The fraction of sp³-hybridized carbons (Fsp3) is 0.238. The van der Waals surface area contributed by atoms with E-state index < -0.39 is 34.5 Å². The number of H-pyrrole nitrogens is 1. The lowest BCUT2D eigenvalue weighted by atomic mass is 10.2. The maximum atomic E-state index is 13.0. The van der Waals surface area contributed by atoms with Crippen molar-refractivity contribution in [1.82, 2.24) is 14.5 Å². The highest BCUT2D eigenvalue weighted by Crippen LogP contribution is 2.23. The van der Waals surface area contributed by atoms with Gasteiger partial charge in [-0.1, -0.05) is 30.3 Å². The third-order valence-electron chi connectivity index (χ3n) is 4.76. The topological polar surface area (TPSA) is 176 Å². The molecule has 178 valence electrons. The zero-order valence-electron chi connectivity index (χ0n) is 18.2. The molecule has 0 aliphatic rings. The van der Waals surface area contributed by atoms with Crippen LogP contribution in [0, 0.1) is 10.1 Å². The molecule has 0 saturated carbocycles. The van der Waals surface area contributed by atoms with Crippen LogP contribution in [0.5, 0.6) is 5.75 Å². The SMILES string of the molecule is COCCN(C(=O)COc1cccnc1[N+](=O)[O-])c1c(N)n(Cc2ccccc2)c(=O)[nH]c1=O. The summed E-state index contributed by atoms with van der Waals surface area (Å²) >= 11 is 0. The summed E-state index contributed by atoms with van der Waals surface area (Å²) < 4.78 is 11.5. The average molecular weight is 470 g/mol. The van der Waals surface area contributed by atoms with Crippen molar-refractivity contribution in [3.05, 3.63) is 85.2 Å². The molecule has 0 spiro atoms. The monoisotopic (exact) mass is 470 g/mol. The number of nitrogen functional groups attached to an aromatic ring is 1.